The molecule has 1 atom stereocenters. The maximum absolute atomic E-state index is 13.7. The third kappa shape index (κ3) is 7.45. The zero-order valence-electron chi connectivity index (χ0n) is 25.3. The number of amides is 2. The van der Waals surface area contributed by atoms with Gasteiger partial charge in [-0.2, -0.15) is 0 Å². The highest BCUT2D eigenvalue weighted by Gasteiger charge is 2.24. The molecular formula is C34H36N8O3. The average Bonchev–Trinajstić information content (AvgIpc) is 3.40. The molecule has 1 unspecified atom stereocenters. The quantitative estimate of drug-likeness (QED) is 0.142. The SMILES string of the molecule is CC(CN=C(N)N)c1cc(C(=O)N(C)CCc2ccccn2)cc2nc(-c3cccc(Oc4ccccc4)c3)n(CC(N)=O)c12. The highest BCUT2D eigenvalue weighted by molar-refractivity contribution is 5.99. The van der Waals surface area contributed by atoms with Gasteiger partial charge in [0.25, 0.3) is 5.91 Å². The zero-order chi connectivity index (χ0) is 31.9. The lowest BCUT2D eigenvalue weighted by molar-refractivity contribution is -0.118. The first-order chi connectivity index (χ1) is 21.7. The molecule has 0 saturated heterocycles. The molecule has 2 amide bonds. The molecule has 0 spiro atoms. The van der Waals surface area contributed by atoms with Gasteiger partial charge in [0.05, 0.1) is 11.0 Å². The number of para-hydroxylation sites is 1. The van der Waals surface area contributed by atoms with Gasteiger partial charge in [-0.25, -0.2) is 4.98 Å². The predicted molar refractivity (Wildman–Crippen MR) is 175 cm³/mol. The van der Waals surface area contributed by atoms with Crippen molar-refractivity contribution in [3.63, 3.8) is 0 Å². The summed E-state index contributed by atoms with van der Waals surface area (Å²) in [4.78, 5) is 41.3. The Morgan fingerprint density at radius 1 is 0.956 bits per heavy atom. The molecule has 11 nitrogen and oxygen atoms in total. The second kappa shape index (κ2) is 13.7. The van der Waals surface area contributed by atoms with Crippen LogP contribution in [-0.4, -0.2) is 57.3 Å². The predicted octanol–water partition coefficient (Wildman–Crippen LogP) is 4.07. The van der Waals surface area contributed by atoms with Crippen LogP contribution in [0.15, 0.2) is 96.1 Å². The molecule has 0 aliphatic heterocycles. The molecule has 5 rings (SSSR count). The van der Waals surface area contributed by atoms with E-state index >= 15 is 0 Å². The molecule has 5 aromatic rings. The molecule has 0 aliphatic rings. The number of hydrogen-bond donors (Lipinski definition) is 3. The van der Waals surface area contributed by atoms with Crippen molar-refractivity contribution in [2.24, 2.45) is 22.2 Å². The van der Waals surface area contributed by atoms with Crippen LogP contribution in [-0.2, 0) is 17.8 Å². The second-order valence-corrected chi connectivity index (χ2v) is 10.8. The van der Waals surface area contributed by atoms with Gasteiger partial charge in [0.2, 0.25) is 5.91 Å². The number of carbonyl (C=O) groups is 2. The van der Waals surface area contributed by atoms with Crippen LogP contribution < -0.4 is 21.9 Å². The lowest BCUT2D eigenvalue weighted by atomic mass is 9.96. The van der Waals surface area contributed by atoms with Crippen molar-refractivity contribution >= 4 is 28.8 Å². The van der Waals surface area contributed by atoms with E-state index in [0.717, 1.165) is 11.3 Å². The van der Waals surface area contributed by atoms with E-state index in [1.807, 2.05) is 85.8 Å². The fraction of sp³-hybridized carbons (Fsp3) is 0.206. The van der Waals surface area contributed by atoms with E-state index in [1.54, 1.807) is 28.8 Å². The van der Waals surface area contributed by atoms with Crippen molar-refractivity contribution in [3.05, 3.63) is 108 Å². The number of aliphatic imine (C=N–C) groups is 1. The summed E-state index contributed by atoms with van der Waals surface area (Å²) in [5.74, 6) is 0.809. The molecule has 0 fully saturated rings. The van der Waals surface area contributed by atoms with E-state index in [9.17, 15) is 9.59 Å². The number of aromatic nitrogens is 3. The smallest absolute Gasteiger partial charge is 0.253 e. The molecule has 0 saturated carbocycles. The minimum absolute atomic E-state index is 0.0406. The lowest BCUT2D eigenvalue weighted by Crippen LogP contribution is -2.29. The van der Waals surface area contributed by atoms with E-state index in [4.69, 9.17) is 26.9 Å². The minimum atomic E-state index is -0.538. The number of imidazole rings is 1. The monoisotopic (exact) mass is 604 g/mol. The van der Waals surface area contributed by atoms with Crippen LogP contribution in [0.3, 0.4) is 0 Å². The van der Waals surface area contributed by atoms with Crippen molar-refractivity contribution in [2.75, 3.05) is 20.1 Å². The summed E-state index contributed by atoms with van der Waals surface area (Å²) in [5.41, 5.74) is 21.1. The van der Waals surface area contributed by atoms with Gasteiger partial charge in [-0.15, -0.1) is 0 Å². The molecule has 2 aromatic heterocycles. The van der Waals surface area contributed by atoms with Crippen molar-refractivity contribution in [3.8, 4) is 22.9 Å². The fourth-order valence-corrected chi connectivity index (χ4v) is 5.14. The van der Waals surface area contributed by atoms with Gasteiger partial charge in [-0.3, -0.25) is 19.6 Å². The van der Waals surface area contributed by atoms with Crippen LogP contribution >= 0.6 is 0 Å². The lowest BCUT2D eigenvalue weighted by Gasteiger charge is -2.19. The van der Waals surface area contributed by atoms with Crippen LogP contribution in [0.25, 0.3) is 22.4 Å². The molecule has 45 heavy (non-hydrogen) atoms. The highest BCUT2D eigenvalue weighted by Crippen LogP contribution is 2.34. The van der Waals surface area contributed by atoms with Crippen LogP contribution in [0.4, 0.5) is 0 Å². The number of guanidine groups is 1. The summed E-state index contributed by atoms with van der Waals surface area (Å²) in [5, 5.41) is 0. The van der Waals surface area contributed by atoms with Gasteiger partial charge in [0.1, 0.15) is 23.9 Å². The molecule has 0 bridgehead atoms. The number of rotatable bonds is 12. The molecule has 230 valence electrons. The first-order valence-electron chi connectivity index (χ1n) is 14.6. The van der Waals surface area contributed by atoms with Crippen LogP contribution in [0.1, 0.15) is 34.5 Å². The number of nitrogens with two attached hydrogens (primary N) is 3. The summed E-state index contributed by atoms with van der Waals surface area (Å²) in [7, 11) is 1.76. The highest BCUT2D eigenvalue weighted by atomic mass is 16.5. The number of nitrogens with zero attached hydrogens (tertiary/aromatic N) is 5. The largest absolute Gasteiger partial charge is 0.457 e. The van der Waals surface area contributed by atoms with Crippen LogP contribution in [0.5, 0.6) is 11.5 Å². The van der Waals surface area contributed by atoms with Crippen molar-refractivity contribution in [1.29, 1.82) is 0 Å². The standard InChI is InChI=1S/C34H36N8O3/c1-22(20-39-34(36)37)28-18-24(33(44)41(2)16-14-25-10-6-7-15-38-25)19-29-31(28)42(21-30(35)43)32(40-29)23-9-8-13-27(17-23)45-26-11-4-3-5-12-26/h3-13,15,17-19,22H,14,16,20-21H2,1-2H3,(H2,35,43)(H4,36,37,39). The Hall–Kier alpha value is -5.71. The summed E-state index contributed by atoms with van der Waals surface area (Å²) in [6.45, 7) is 2.56. The first-order valence-corrected chi connectivity index (χ1v) is 14.6. The third-order valence-electron chi connectivity index (χ3n) is 7.36. The Kier molecular flexibility index (Phi) is 9.37. The van der Waals surface area contributed by atoms with E-state index in [-0.39, 0.29) is 30.9 Å². The Balaban J connectivity index is 1.59. The molecular weight excluding hydrogens is 568 g/mol. The number of pyridine rings is 1. The Morgan fingerprint density at radius 3 is 2.42 bits per heavy atom. The van der Waals surface area contributed by atoms with E-state index in [2.05, 4.69) is 9.98 Å². The maximum atomic E-state index is 13.7. The van der Waals surface area contributed by atoms with Crippen molar-refractivity contribution in [2.45, 2.75) is 25.8 Å². The Labute approximate surface area is 261 Å². The normalized spacial score (nSPS) is 11.6. The number of fused-ring (bicyclic) bond motifs is 1. The Morgan fingerprint density at radius 2 is 1.71 bits per heavy atom. The van der Waals surface area contributed by atoms with Gasteiger partial charge < -0.3 is 31.4 Å². The van der Waals surface area contributed by atoms with Gasteiger partial charge in [0.15, 0.2) is 5.96 Å². The minimum Gasteiger partial charge on any atom is -0.457 e. The third-order valence-corrected chi connectivity index (χ3v) is 7.36. The number of benzene rings is 3. The van der Waals surface area contributed by atoms with Crippen molar-refractivity contribution in [1.82, 2.24) is 19.4 Å². The summed E-state index contributed by atoms with van der Waals surface area (Å²) in [6, 6.07) is 26.2. The number of likely N-dealkylation sites (N-methyl/N-ethyl adjacent to an activating group) is 1. The number of ether oxygens (including phenoxy) is 1. The van der Waals surface area contributed by atoms with E-state index in [0.29, 0.717) is 52.4 Å². The first kappa shape index (κ1) is 30.7. The summed E-state index contributed by atoms with van der Waals surface area (Å²) in [6.07, 6.45) is 2.34. The molecule has 6 N–H and O–H groups in total. The zero-order valence-corrected chi connectivity index (χ0v) is 25.3. The van der Waals surface area contributed by atoms with Gasteiger partial charge >= 0.3 is 0 Å². The van der Waals surface area contributed by atoms with E-state index < -0.39 is 5.91 Å². The van der Waals surface area contributed by atoms with Gasteiger partial charge in [-0.05, 0) is 54.1 Å². The maximum Gasteiger partial charge on any atom is 0.253 e. The molecule has 0 radical (unpaired) electrons. The topological polar surface area (TPSA) is 168 Å². The fourth-order valence-electron chi connectivity index (χ4n) is 5.14. The average molecular weight is 605 g/mol. The van der Waals surface area contributed by atoms with Gasteiger partial charge in [-0.1, -0.05) is 43.3 Å². The number of hydrogen-bond acceptors (Lipinski definition) is 6. The van der Waals surface area contributed by atoms with Gasteiger partial charge in [0, 0.05) is 55.5 Å². The molecule has 3 aromatic carbocycles. The molecule has 11 heteroatoms. The summed E-state index contributed by atoms with van der Waals surface area (Å²) >= 11 is 0. The van der Waals surface area contributed by atoms with Crippen LogP contribution in [0, 0.1) is 0 Å². The number of primary amides is 1. The van der Waals surface area contributed by atoms with Crippen molar-refractivity contribution < 1.29 is 14.3 Å². The Bertz CT molecular complexity index is 1830. The molecule has 2 heterocycles. The van der Waals surface area contributed by atoms with Crippen LogP contribution in [0.2, 0.25) is 0 Å². The van der Waals surface area contributed by atoms with E-state index in [1.165, 1.54) is 0 Å². The molecule has 0 aliphatic carbocycles. The number of carbonyl (C=O) groups excluding carboxylic acids is 2. The second-order valence-electron chi connectivity index (χ2n) is 10.8. The summed E-state index contributed by atoms with van der Waals surface area (Å²) < 4.78 is 7.84.